The summed E-state index contributed by atoms with van der Waals surface area (Å²) in [5.41, 5.74) is 0. The van der Waals surface area contributed by atoms with Crippen molar-refractivity contribution < 1.29 is 19.4 Å². The van der Waals surface area contributed by atoms with Crippen LogP contribution in [-0.4, -0.2) is 25.5 Å². The van der Waals surface area contributed by atoms with Gasteiger partial charge in [-0.15, -0.1) is 0 Å². The van der Waals surface area contributed by atoms with Crippen LogP contribution in [0.15, 0.2) is 12.2 Å². The van der Waals surface area contributed by atoms with Gasteiger partial charge < -0.3 is 19.4 Å². The smallest absolute Gasteiger partial charge is 0.160 e. The molecule has 0 bridgehead atoms. The van der Waals surface area contributed by atoms with Crippen molar-refractivity contribution in [3.8, 4) is 0 Å². The third-order valence-corrected chi connectivity index (χ3v) is 1.29. The molecule has 0 heterocycles. The summed E-state index contributed by atoms with van der Waals surface area (Å²) in [4.78, 5) is 10.0. The van der Waals surface area contributed by atoms with Gasteiger partial charge in [0.05, 0.1) is 5.97 Å². The molecule has 0 saturated carbocycles. The van der Waals surface area contributed by atoms with Gasteiger partial charge in [-0.25, -0.2) is 0 Å². The van der Waals surface area contributed by atoms with Gasteiger partial charge in [-0.1, -0.05) is 6.08 Å². The normalized spacial score (nSPS) is 11.3. The second kappa shape index (κ2) is 7.76. The maximum absolute atomic E-state index is 10.0. The highest BCUT2D eigenvalue weighted by molar-refractivity contribution is 5.77. The average Bonchev–Trinajstić information content (AvgIpc) is 2.04. The summed E-state index contributed by atoms with van der Waals surface area (Å²) in [6.07, 6.45) is 2.51. The lowest BCUT2D eigenvalue weighted by Crippen LogP contribution is -2.20. The summed E-state index contributed by atoms with van der Waals surface area (Å²) in [6.45, 7) is 4.80. The highest BCUT2D eigenvalue weighted by atomic mass is 16.7. The molecule has 0 N–H and O–H groups in total. The molecule has 0 unspecified atom stereocenters. The monoisotopic (exact) mass is 187 g/mol. The molecular formula is C9H15O4-. The largest absolute Gasteiger partial charge is 0.545 e. The average molecular weight is 187 g/mol. The Bertz CT molecular complexity index is 159. The molecule has 0 aromatic heterocycles. The van der Waals surface area contributed by atoms with Crippen LogP contribution in [0.3, 0.4) is 0 Å². The first-order valence-corrected chi connectivity index (χ1v) is 4.31. The Labute approximate surface area is 78.2 Å². The fraction of sp³-hybridized carbons (Fsp3) is 0.667. The number of rotatable bonds is 7. The number of hydrogen-bond donors (Lipinski definition) is 0. The topological polar surface area (TPSA) is 58.6 Å². The molecule has 0 aromatic carbocycles. The van der Waals surface area contributed by atoms with E-state index >= 15 is 0 Å². The number of carbonyl (C=O) groups is 1. The van der Waals surface area contributed by atoms with Gasteiger partial charge in [0.1, 0.15) is 0 Å². The van der Waals surface area contributed by atoms with Crippen LogP contribution in [-0.2, 0) is 14.3 Å². The summed E-state index contributed by atoms with van der Waals surface area (Å²) in [7, 11) is 0. The zero-order chi connectivity index (χ0) is 10.1. The highest BCUT2D eigenvalue weighted by Gasteiger charge is 2.03. The molecule has 0 atom stereocenters. The van der Waals surface area contributed by atoms with E-state index in [9.17, 15) is 9.90 Å². The Hall–Kier alpha value is -0.870. The summed E-state index contributed by atoms with van der Waals surface area (Å²) in [6, 6.07) is 0. The highest BCUT2D eigenvalue weighted by Crippen LogP contribution is 2.01. The maximum atomic E-state index is 10.0. The molecule has 0 aliphatic rings. The SMILES string of the molecule is CCOC(C/C=C/C(=O)[O-])OCC. The lowest BCUT2D eigenvalue weighted by Gasteiger charge is -2.14. The molecule has 0 aliphatic carbocycles. The minimum absolute atomic E-state index is 0.356. The van der Waals surface area contributed by atoms with E-state index in [4.69, 9.17) is 9.47 Å². The molecule has 0 aliphatic heterocycles. The van der Waals surface area contributed by atoms with Crippen molar-refractivity contribution >= 4 is 5.97 Å². The summed E-state index contributed by atoms with van der Waals surface area (Å²) < 4.78 is 10.4. The first-order chi connectivity index (χ1) is 6.20. The third-order valence-electron chi connectivity index (χ3n) is 1.29. The second-order valence-corrected chi connectivity index (χ2v) is 2.30. The Balaban J connectivity index is 3.73. The zero-order valence-corrected chi connectivity index (χ0v) is 7.99. The predicted molar refractivity (Wildman–Crippen MR) is 45.8 cm³/mol. The van der Waals surface area contributed by atoms with Crippen LogP contribution in [0, 0.1) is 0 Å². The molecule has 4 nitrogen and oxygen atoms in total. The molecule has 0 rings (SSSR count). The summed E-state index contributed by atoms with van der Waals surface area (Å²) >= 11 is 0. The van der Waals surface area contributed by atoms with Crippen LogP contribution < -0.4 is 5.11 Å². The standard InChI is InChI=1S/C9H16O4/c1-3-12-9(13-4-2)7-5-6-8(10)11/h5-6,9H,3-4,7H2,1-2H3,(H,10,11)/p-1/b6-5+. The number of ether oxygens (including phenoxy) is 2. The fourth-order valence-electron chi connectivity index (χ4n) is 0.831. The number of hydrogen-bond acceptors (Lipinski definition) is 4. The van der Waals surface area contributed by atoms with Crippen molar-refractivity contribution in [2.45, 2.75) is 26.6 Å². The number of carbonyl (C=O) groups excluding carboxylic acids is 1. The van der Waals surface area contributed by atoms with Crippen molar-refractivity contribution in [2.24, 2.45) is 0 Å². The van der Waals surface area contributed by atoms with E-state index in [1.54, 1.807) is 0 Å². The van der Waals surface area contributed by atoms with Gasteiger partial charge >= 0.3 is 0 Å². The molecule has 0 radical (unpaired) electrons. The summed E-state index contributed by atoms with van der Waals surface area (Å²) in [5, 5.41) is 10.0. The van der Waals surface area contributed by atoms with Crippen LogP contribution >= 0.6 is 0 Å². The second-order valence-electron chi connectivity index (χ2n) is 2.30. The Morgan fingerprint density at radius 3 is 2.31 bits per heavy atom. The van der Waals surface area contributed by atoms with Gasteiger partial charge in [-0.3, -0.25) is 0 Å². The lowest BCUT2D eigenvalue weighted by atomic mass is 10.3. The maximum Gasteiger partial charge on any atom is 0.160 e. The third kappa shape index (κ3) is 7.49. The van der Waals surface area contributed by atoms with Crippen LogP contribution in [0.4, 0.5) is 0 Å². The Kier molecular flexibility index (Phi) is 7.24. The van der Waals surface area contributed by atoms with Gasteiger partial charge in [-0.05, 0) is 19.9 Å². The Morgan fingerprint density at radius 2 is 1.92 bits per heavy atom. The Morgan fingerprint density at radius 1 is 1.38 bits per heavy atom. The molecule has 0 amide bonds. The van der Waals surface area contributed by atoms with Gasteiger partial charge in [-0.2, -0.15) is 0 Å². The van der Waals surface area contributed by atoms with E-state index in [2.05, 4.69) is 0 Å². The number of carboxylic acid groups (broad SMARTS) is 1. The number of carboxylic acids is 1. The minimum atomic E-state index is -1.20. The van der Waals surface area contributed by atoms with Gasteiger partial charge in [0.15, 0.2) is 6.29 Å². The van der Waals surface area contributed by atoms with Crippen molar-refractivity contribution in [3.63, 3.8) is 0 Å². The van der Waals surface area contributed by atoms with Crippen molar-refractivity contribution in [2.75, 3.05) is 13.2 Å². The van der Waals surface area contributed by atoms with E-state index in [1.807, 2.05) is 13.8 Å². The fourth-order valence-corrected chi connectivity index (χ4v) is 0.831. The first kappa shape index (κ1) is 12.1. The molecule has 13 heavy (non-hydrogen) atoms. The van der Waals surface area contributed by atoms with E-state index < -0.39 is 5.97 Å². The van der Waals surface area contributed by atoms with E-state index in [1.165, 1.54) is 6.08 Å². The van der Waals surface area contributed by atoms with E-state index in [0.29, 0.717) is 19.6 Å². The zero-order valence-electron chi connectivity index (χ0n) is 7.99. The quantitative estimate of drug-likeness (QED) is 0.418. The predicted octanol–water partition coefficient (Wildman–Crippen LogP) is 0.0817. The van der Waals surface area contributed by atoms with Gasteiger partial charge in [0.25, 0.3) is 0 Å². The van der Waals surface area contributed by atoms with E-state index in [0.717, 1.165) is 6.08 Å². The minimum Gasteiger partial charge on any atom is -0.545 e. The molecule has 0 saturated heterocycles. The van der Waals surface area contributed by atoms with Crippen LogP contribution in [0.2, 0.25) is 0 Å². The summed E-state index contributed by atoms with van der Waals surface area (Å²) in [5.74, 6) is -1.20. The van der Waals surface area contributed by atoms with Crippen molar-refractivity contribution in [1.29, 1.82) is 0 Å². The van der Waals surface area contributed by atoms with Crippen molar-refractivity contribution in [3.05, 3.63) is 12.2 Å². The van der Waals surface area contributed by atoms with Gasteiger partial charge in [0, 0.05) is 19.6 Å². The van der Waals surface area contributed by atoms with Crippen LogP contribution in [0.1, 0.15) is 20.3 Å². The van der Waals surface area contributed by atoms with E-state index in [-0.39, 0.29) is 6.29 Å². The number of aliphatic carboxylic acids is 1. The molecule has 0 fully saturated rings. The lowest BCUT2D eigenvalue weighted by molar-refractivity contribution is -0.297. The molecule has 0 spiro atoms. The molecule has 0 aromatic rings. The van der Waals surface area contributed by atoms with Crippen LogP contribution in [0.25, 0.3) is 0 Å². The van der Waals surface area contributed by atoms with Crippen LogP contribution in [0.5, 0.6) is 0 Å². The van der Waals surface area contributed by atoms with Crippen molar-refractivity contribution in [1.82, 2.24) is 0 Å². The molecular weight excluding hydrogens is 172 g/mol. The molecule has 76 valence electrons. The first-order valence-electron chi connectivity index (χ1n) is 4.31. The molecule has 4 heteroatoms. The van der Waals surface area contributed by atoms with Gasteiger partial charge in [0.2, 0.25) is 0 Å².